The summed E-state index contributed by atoms with van der Waals surface area (Å²) in [4.78, 5) is 17.5. The zero-order chi connectivity index (χ0) is 19.2. The molecule has 1 heterocycles. The lowest BCUT2D eigenvalue weighted by Gasteiger charge is -2.13. The van der Waals surface area contributed by atoms with Gasteiger partial charge in [-0.15, -0.1) is 0 Å². The number of nitrogens with zero attached hydrogens (tertiary/aromatic N) is 2. The van der Waals surface area contributed by atoms with E-state index in [2.05, 4.69) is 4.98 Å². The van der Waals surface area contributed by atoms with E-state index in [0.717, 1.165) is 12.1 Å². The molecule has 27 heavy (non-hydrogen) atoms. The molecule has 0 aliphatic carbocycles. The number of hydrogen-bond acceptors (Lipinski definition) is 4. The van der Waals surface area contributed by atoms with Crippen LogP contribution in [0.4, 0.5) is 8.78 Å². The van der Waals surface area contributed by atoms with Crippen molar-refractivity contribution >= 4 is 22.7 Å². The monoisotopic (exact) mass is 390 g/mol. The Morgan fingerprint density at radius 3 is 2.81 bits per heavy atom. The molecular formula is C20H20F2N2O2S. The predicted octanol–water partition coefficient (Wildman–Crippen LogP) is 4.39. The molecule has 0 aliphatic heterocycles. The lowest BCUT2D eigenvalue weighted by Crippen LogP contribution is -2.24. The summed E-state index contributed by atoms with van der Waals surface area (Å²) in [5.74, 6) is -0.790. The number of benzene rings is 2. The Labute approximate surface area is 160 Å². The molecule has 142 valence electrons. The van der Waals surface area contributed by atoms with Crippen LogP contribution >= 0.6 is 11.8 Å². The fourth-order valence-electron chi connectivity index (χ4n) is 2.72. The van der Waals surface area contributed by atoms with Crippen molar-refractivity contribution in [1.29, 1.82) is 0 Å². The van der Waals surface area contributed by atoms with Gasteiger partial charge in [0.2, 0.25) is 0 Å². The number of para-hydroxylation sites is 1. The second-order valence-electron chi connectivity index (χ2n) is 5.94. The van der Waals surface area contributed by atoms with Crippen LogP contribution in [0.1, 0.15) is 18.9 Å². The highest BCUT2D eigenvalue weighted by Crippen LogP contribution is 2.24. The van der Waals surface area contributed by atoms with Crippen LogP contribution in [0.15, 0.2) is 52.4 Å². The van der Waals surface area contributed by atoms with Crippen LogP contribution in [0.2, 0.25) is 0 Å². The number of aromatic nitrogens is 2. The molecule has 0 aliphatic rings. The first-order valence-electron chi connectivity index (χ1n) is 8.74. The third kappa shape index (κ3) is 4.73. The fraction of sp³-hybridized carbons (Fsp3) is 0.300. The Bertz CT molecular complexity index is 991. The summed E-state index contributed by atoms with van der Waals surface area (Å²) in [5.41, 5.74) is 0.688. The van der Waals surface area contributed by atoms with Crippen LogP contribution in [0.25, 0.3) is 10.9 Å². The number of rotatable bonds is 8. The Morgan fingerprint density at radius 1 is 1.19 bits per heavy atom. The summed E-state index contributed by atoms with van der Waals surface area (Å²) in [5, 5.41) is 1.02. The topological polar surface area (TPSA) is 44.1 Å². The van der Waals surface area contributed by atoms with E-state index in [-0.39, 0.29) is 16.9 Å². The van der Waals surface area contributed by atoms with Crippen molar-refractivity contribution in [1.82, 2.24) is 9.55 Å². The first-order chi connectivity index (χ1) is 13.1. The maximum Gasteiger partial charge on any atom is 0.262 e. The van der Waals surface area contributed by atoms with Gasteiger partial charge in [-0.3, -0.25) is 9.36 Å². The van der Waals surface area contributed by atoms with E-state index in [1.807, 2.05) is 13.0 Å². The molecule has 2 aromatic carbocycles. The average Bonchev–Trinajstić information content (AvgIpc) is 2.67. The van der Waals surface area contributed by atoms with Gasteiger partial charge in [-0.2, -0.15) is 0 Å². The van der Waals surface area contributed by atoms with Gasteiger partial charge >= 0.3 is 0 Å². The van der Waals surface area contributed by atoms with Crippen LogP contribution in [-0.2, 0) is 17.0 Å². The van der Waals surface area contributed by atoms with Crippen molar-refractivity contribution < 1.29 is 13.5 Å². The normalized spacial score (nSPS) is 11.2. The van der Waals surface area contributed by atoms with E-state index in [1.54, 1.807) is 22.8 Å². The largest absolute Gasteiger partial charge is 0.382 e. The lowest BCUT2D eigenvalue weighted by atomic mass is 10.2. The molecule has 0 radical (unpaired) electrons. The number of thioether (sulfide) groups is 1. The van der Waals surface area contributed by atoms with E-state index in [1.165, 1.54) is 17.8 Å². The van der Waals surface area contributed by atoms with E-state index in [0.29, 0.717) is 42.2 Å². The molecule has 0 saturated carbocycles. The van der Waals surface area contributed by atoms with Crippen LogP contribution < -0.4 is 5.56 Å². The van der Waals surface area contributed by atoms with Gasteiger partial charge in [0.25, 0.3) is 5.56 Å². The third-order valence-corrected chi connectivity index (χ3v) is 5.09. The van der Waals surface area contributed by atoms with Crippen molar-refractivity contribution in [3.8, 4) is 0 Å². The van der Waals surface area contributed by atoms with Crippen LogP contribution in [0, 0.1) is 11.6 Å². The fourth-order valence-corrected chi connectivity index (χ4v) is 3.72. The highest BCUT2D eigenvalue weighted by molar-refractivity contribution is 7.98. The Morgan fingerprint density at radius 2 is 2.00 bits per heavy atom. The van der Waals surface area contributed by atoms with Gasteiger partial charge in [-0.1, -0.05) is 23.9 Å². The molecule has 0 unspecified atom stereocenters. The van der Waals surface area contributed by atoms with E-state index >= 15 is 0 Å². The maximum absolute atomic E-state index is 13.9. The number of ether oxygens (including phenoxy) is 1. The van der Waals surface area contributed by atoms with Gasteiger partial charge in [-0.25, -0.2) is 13.8 Å². The van der Waals surface area contributed by atoms with Gasteiger partial charge in [0.1, 0.15) is 11.6 Å². The van der Waals surface area contributed by atoms with Gasteiger partial charge in [0.15, 0.2) is 5.16 Å². The van der Waals surface area contributed by atoms with E-state index in [4.69, 9.17) is 4.74 Å². The molecule has 1 aromatic heterocycles. The average molecular weight is 390 g/mol. The summed E-state index contributed by atoms with van der Waals surface area (Å²) in [6.07, 6.45) is 0.662. The minimum absolute atomic E-state index is 0.140. The molecule has 7 heteroatoms. The summed E-state index contributed by atoms with van der Waals surface area (Å²) in [6, 6.07) is 10.5. The Hall–Kier alpha value is -2.25. The van der Waals surface area contributed by atoms with Crippen LogP contribution in [-0.4, -0.2) is 22.8 Å². The second-order valence-corrected chi connectivity index (χ2v) is 6.89. The molecular weight excluding hydrogens is 370 g/mol. The number of hydrogen-bond donors (Lipinski definition) is 0. The molecule has 0 amide bonds. The van der Waals surface area contributed by atoms with Gasteiger partial charge < -0.3 is 4.74 Å². The third-order valence-electron chi connectivity index (χ3n) is 4.07. The SMILES string of the molecule is CCOCCCn1c(SCc2cc(F)ccc2F)nc2ccccc2c1=O. The first-order valence-corrected chi connectivity index (χ1v) is 9.72. The standard InChI is InChI=1S/C20H20F2N2O2S/c1-2-26-11-5-10-24-19(25)16-6-3-4-7-18(16)23-20(24)27-13-14-12-15(21)8-9-17(14)22/h3-4,6-9,12H,2,5,10-11,13H2,1H3. The molecule has 0 bridgehead atoms. The molecule has 4 nitrogen and oxygen atoms in total. The molecule has 0 spiro atoms. The van der Waals surface area contributed by atoms with Gasteiger partial charge in [0.05, 0.1) is 10.9 Å². The van der Waals surface area contributed by atoms with Crippen LogP contribution in [0.3, 0.4) is 0 Å². The molecule has 0 atom stereocenters. The molecule has 0 saturated heterocycles. The second kappa shape index (κ2) is 9.10. The van der Waals surface area contributed by atoms with E-state index < -0.39 is 11.6 Å². The molecule has 3 rings (SSSR count). The summed E-state index contributed by atoms with van der Waals surface area (Å²) in [6.45, 7) is 3.52. The Kier molecular flexibility index (Phi) is 6.58. The van der Waals surface area contributed by atoms with Crippen molar-refractivity contribution in [2.75, 3.05) is 13.2 Å². The zero-order valence-corrected chi connectivity index (χ0v) is 15.8. The van der Waals surface area contributed by atoms with Crippen molar-refractivity contribution in [2.45, 2.75) is 30.8 Å². The van der Waals surface area contributed by atoms with Crippen molar-refractivity contribution in [2.24, 2.45) is 0 Å². The quantitative estimate of drug-likeness (QED) is 0.325. The highest BCUT2D eigenvalue weighted by atomic mass is 32.2. The van der Waals surface area contributed by atoms with Gasteiger partial charge in [-0.05, 0) is 43.7 Å². The number of halogens is 2. The summed E-state index contributed by atoms with van der Waals surface area (Å²) in [7, 11) is 0. The smallest absolute Gasteiger partial charge is 0.262 e. The maximum atomic E-state index is 13.9. The summed E-state index contributed by atoms with van der Waals surface area (Å²) < 4.78 is 34.2. The minimum Gasteiger partial charge on any atom is -0.382 e. The predicted molar refractivity (Wildman–Crippen MR) is 103 cm³/mol. The zero-order valence-electron chi connectivity index (χ0n) is 15.0. The first kappa shape index (κ1) is 19.5. The molecule has 0 N–H and O–H groups in total. The van der Waals surface area contributed by atoms with Crippen molar-refractivity contribution in [3.05, 3.63) is 70.0 Å². The minimum atomic E-state index is -0.493. The Balaban J connectivity index is 1.91. The lowest BCUT2D eigenvalue weighted by molar-refractivity contribution is 0.140. The highest BCUT2D eigenvalue weighted by Gasteiger charge is 2.13. The van der Waals surface area contributed by atoms with Crippen LogP contribution in [0.5, 0.6) is 0 Å². The van der Waals surface area contributed by atoms with E-state index in [9.17, 15) is 13.6 Å². The van der Waals surface area contributed by atoms with Crippen molar-refractivity contribution in [3.63, 3.8) is 0 Å². The summed E-state index contributed by atoms with van der Waals surface area (Å²) >= 11 is 1.22. The molecule has 3 aromatic rings. The molecule has 0 fully saturated rings. The number of fused-ring (bicyclic) bond motifs is 1. The van der Waals surface area contributed by atoms with Gasteiger partial charge in [0, 0.05) is 31.1 Å².